The van der Waals surface area contributed by atoms with Gasteiger partial charge in [0.15, 0.2) is 0 Å². The minimum atomic E-state index is -0.355. The van der Waals surface area contributed by atoms with Crippen molar-refractivity contribution >= 4 is 0 Å². The van der Waals surface area contributed by atoms with E-state index in [0.29, 0.717) is 5.92 Å². The molecule has 118 valence electrons. The Morgan fingerprint density at radius 1 is 1.04 bits per heavy atom. The molecule has 0 fully saturated rings. The summed E-state index contributed by atoms with van der Waals surface area (Å²) in [6, 6.07) is 10.5. The van der Waals surface area contributed by atoms with Crippen LogP contribution in [0.2, 0.25) is 0 Å². The molecule has 0 saturated carbocycles. The molecule has 3 heterocycles. The summed E-state index contributed by atoms with van der Waals surface area (Å²) in [5.41, 5.74) is 8.11. The molecular formula is C21H18N2O. The highest BCUT2D eigenvalue weighted by molar-refractivity contribution is 5.89. The van der Waals surface area contributed by atoms with Crippen LogP contribution in [0, 0.1) is 0 Å². The number of ether oxygens (including phenoxy) is 1. The molecule has 0 amide bonds. The third kappa shape index (κ3) is 1.62. The Labute approximate surface area is 141 Å². The van der Waals surface area contributed by atoms with Crippen LogP contribution >= 0.6 is 0 Å². The summed E-state index contributed by atoms with van der Waals surface area (Å²) in [4.78, 5) is 9.02. The van der Waals surface area contributed by atoms with Crippen LogP contribution in [0.4, 0.5) is 0 Å². The topological polar surface area (TPSA) is 35.0 Å². The van der Waals surface area contributed by atoms with Gasteiger partial charge in [0.05, 0.1) is 5.69 Å². The Morgan fingerprint density at radius 3 is 2.79 bits per heavy atom. The molecule has 2 aliphatic rings. The van der Waals surface area contributed by atoms with E-state index in [4.69, 9.17) is 4.74 Å². The molecule has 1 aromatic carbocycles. The first kappa shape index (κ1) is 13.7. The molecule has 2 aromatic heterocycles. The highest BCUT2D eigenvalue weighted by Crippen LogP contribution is 2.54. The van der Waals surface area contributed by atoms with Gasteiger partial charge in [-0.25, -0.2) is 0 Å². The van der Waals surface area contributed by atoms with Gasteiger partial charge in [-0.1, -0.05) is 13.0 Å². The van der Waals surface area contributed by atoms with Gasteiger partial charge in [0.2, 0.25) is 0 Å². The molecule has 24 heavy (non-hydrogen) atoms. The number of pyridine rings is 2. The van der Waals surface area contributed by atoms with E-state index >= 15 is 0 Å². The van der Waals surface area contributed by atoms with Crippen LogP contribution in [-0.2, 0) is 5.60 Å². The Balaban J connectivity index is 1.86. The van der Waals surface area contributed by atoms with Crippen LogP contribution in [-0.4, -0.2) is 9.97 Å². The lowest BCUT2D eigenvalue weighted by Gasteiger charge is -2.36. The van der Waals surface area contributed by atoms with E-state index in [1.807, 2.05) is 24.7 Å². The Kier molecular flexibility index (Phi) is 2.54. The second-order valence-corrected chi connectivity index (χ2v) is 7.10. The molecule has 3 heteroatoms. The molecule has 5 rings (SSSR count). The lowest BCUT2D eigenvalue weighted by atomic mass is 9.82. The second-order valence-electron chi connectivity index (χ2n) is 7.10. The van der Waals surface area contributed by atoms with Crippen molar-refractivity contribution in [3.63, 3.8) is 0 Å². The van der Waals surface area contributed by atoms with Crippen LogP contribution in [0.1, 0.15) is 43.4 Å². The minimum Gasteiger partial charge on any atom is -0.482 e. The summed E-state index contributed by atoms with van der Waals surface area (Å²) in [5, 5.41) is 0. The summed E-state index contributed by atoms with van der Waals surface area (Å²) >= 11 is 0. The number of fused-ring (bicyclic) bond motifs is 7. The first-order chi connectivity index (χ1) is 11.6. The van der Waals surface area contributed by atoms with Crippen molar-refractivity contribution in [1.29, 1.82) is 0 Å². The lowest BCUT2D eigenvalue weighted by Crippen LogP contribution is -2.29. The molecular weight excluding hydrogens is 296 g/mol. The number of hydrogen-bond donors (Lipinski definition) is 0. The highest BCUT2D eigenvalue weighted by Gasteiger charge is 2.38. The molecule has 1 atom stereocenters. The second kappa shape index (κ2) is 4.44. The molecule has 0 N–H and O–H groups in total. The zero-order valence-corrected chi connectivity index (χ0v) is 14.0. The van der Waals surface area contributed by atoms with Crippen LogP contribution in [0.3, 0.4) is 0 Å². The van der Waals surface area contributed by atoms with Gasteiger partial charge >= 0.3 is 0 Å². The fourth-order valence-corrected chi connectivity index (χ4v) is 4.21. The molecule has 1 aliphatic heterocycles. The fraction of sp³-hybridized carbons (Fsp3) is 0.238. The van der Waals surface area contributed by atoms with E-state index in [2.05, 4.69) is 55.0 Å². The van der Waals surface area contributed by atoms with Crippen molar-refractivity contribution in [3.05, 3.63) is 65.6 Å². The summed E-state index contributed by atoms with van der Waals surface area (Å²) in [6.07, 6.45) is 5.69. The predicted molar refractivity (Wildman–Crippen MR) is 94.1 cm³/mol. The van der Waals surface area contributed by atoms with E-state index in [9.17, 15) is 0 Å². The van der Waals surface area contributed by atoms with E-state index in [1.54, 1.807) is 0 Å². The van der Waals surface area contributed by atoms with Gasteiger partial charge in [-0.15, -0.1) is 0 Å². The van der Waals surface area contributed by atoms with Gasteiger partial charge < -0.3 is 4.74 Å². The first-order valence-electron chi connectivity index (χ1n) is 8.34. The standard InChI is InChI=1S/C21H18N2O/c1-12-13-5-4-9-23-20(13)14-6-7-17-19(18(12)14)15-11-22-10-8-16(15)21(2,3)24-17/h4-12H,1-3H3. The molecule has 1 aliphatic carbocycles. The highest BCUT2D eigenvalue weighted by atomic mass is 16.5. The first-order valence-corrected chi connectivity index (χ1v) is 8.34. The van der Waals surface area contributed by atoms with Crippen LogP contribution < -0.4 is 4.74 Å². The minimum absolute atomic E-state index is 0.302. The molecule has 1 unspecified atom stereocenters. The van der Waals surface area contributed by atoms with Crippen molar-refractivity contribution in [1.82, 2.24) is 9.97 Å². The van der Waals surface area contributed by atoms with Crippen LogP contribution in [0.5, 0.6) is 5.75 Å². The maximum Gasteiger partial charge on any atom is 0.129 e. The molecule has 0 saturated heterocycles. The summed E-state index contributed by atoms with van der Waals surface area (Å²) < 4.78 is 6.37. The average Bonchev–Trinajstić information content (AvgIpc) is 2.88. The Morgan fingerprint density at radius 2 is 1.92 bits per heavy atom. The van der Waals surface area contributed by atoms with E-state index in [1.165, 1.54) is 33.4 Å². The third-order valence-electron chi connectivity index (χ3n) is 5.30. The summed E-state index contributed by atoms with van der Waals surface area (Å²) in [7, 11) is 0. The maximum absolute atomic E-state index is 6.37. The van der Waals surface area contributed by atoms with Gasteiger partial charge in [0, 0.05) is 46.8 Å². The van der Waals surface area contributed by atoms with Gasteiger partial charge in [-0.05, 0) is 49.2 Å². The summed E-state index contributed by atoms with van der Waals surface area (Å²) in [5.74, 6) is 1.25. The number of aromatic nitrogens is 2. The Hall–Kier alpha value is -2.68. The van der Waals surface area contributed by atoms with Crippen molar-refractivity contribution in [2.75, 3.05) is 0 Å². The van der Waals surface area contributed by atoms with Gasteiger partial charge in [0.25, 0.3) is 0 Å². The number of rotatable bonds is 0. The fourth-order valence-electron chi connectivity index (χ4n) is 4.21. The van der Waals surface area contributed by atoms with Gasteiger partial charge in [0.1, 0.15) is 11.4 Å². The summed E-state index contributed by atoms with van der Waals surface area (Å²) in [6.45, 7) is 6.48. The average molecular weight is 314 g/mol. The largest absolute Gasteiger partial charge is 0.482 e. The smallest absolute Gasteiger partial charge is 0.129 e. The quantitative estimate of drug-likeness (QED) is 0.592. The molecule has 0 radical (unpaired) electrons. The van der Waals surface area contributed by atoms with Crippen molar-refractivity contribution in [2.24, 2.45) is 0 Å². The van der Waals surface area contributed by atoms with Gasteiger partial charge in [-0.2, -0.15) is 0 Å². The molecule has 3 nitrogen and oxygen atoms in total. The SMILES string of the molecule is CC1c2cccnc2-c2ccc3c(c21)-c1cnccc1C(C)(C)O3. The van der Waals surface area contributed by atoms with Crippen molar-refractivity contribution < 1.29 is 4.74 Å². The van der Waals surface area contributed by atoms with Crippen molar-refractivity contribution in [2.45, 2.75) is 32.3 Å². The van der Waals surface area contributed by atoms with Gasteiger partial charge in [-0.3, -0.25) is 9.97 Å². The number of nitrogens with zero attached hydrogens (tertiary/aromatic N) is 2. The normalized spacial score (nSPS) is 18.9. The monoisotopic (exact) mass is 314 g/mol. The zero-order valence-electron chi connectivity index (χ0n) is 14.0. The van der Waals surface area contributed by atoms with Crippen LogP contribution in [0.25, 0.3) is 22.4 Å². The number of hydrogen-bond acceptors (Lipinski definition) is 3. The maximum atomic E-state index is 6.37. The van der Waals surface area contributed by atoms with Crippen LogP contribution in [0.15, 0.2) is 48.9 Å². The number of benzene rings is 1. The molecule has 0 spiro atoms. The lowest BCUT2D eigenvalue weighted by molar-refractivity contribution is 0.105. The van der Waals surface area contributed by atoms with E-state index < -0.39 is 0 Å². The predicted octanol–water partition coefficient (Wildman–Crippen LogP) is 4.90. The van der Waals surface area contributed by atoms with E-state index in [-0.39, 0.29) is 5.60 Å². The molecule has 3 aromatic rings. The van der Waals surface area contributed by atoms with Crippen molar-refractivity contribution in [3.8, 4) is 28.1 Å². The molecule has 0 bridgehead atoms. The third-order valence-corrected chi connectivity index (χ3v) is 5.30. The Bertz CT molecular complexity index is 991. The van der Waals surface area contributed by atoms with E-state index in [0.717, 1.165) is 11.4 Å². The zero-order chi connectivity index (χ0) is 16.5.